The summed E-state index contributed by atoms with van der Waals surface area (Å²) in [6, 6.07) is 15.9. The van der Waals surface area contributed by atoms with Crippen LogP contribution in [0.25, 0.3) is 0 Å². The number of pyridine rings is 1. The molecule has 13 heteroatoms. The lowest BCUT2D eigenvalue weighted by molar-refractivity contribution is 0.102. The number of amides is 1. The fourth-order valence-electron chi connectivity index (χ4n) is 4.16. The van der Waals surface area contributed by atoms with Gasteiger partial charge in [-0.15, -0.1) is 0 Å². The molecule has 10 nitrogen and oxygen atoms in total. The van der Waals surface area contributed by atoms with Crippen molar-refractivity contribution in [1.82, 2.24) is 9.29 Å². The molecular formula is C25H28ClN5O5S2. The van der Waals surface area contributed by atoms with Gasteiger partial charge >= 0.3 is 0 Å². The van der Waals surface area contributed by atoms with Crippen molar-refractivity contribution in [2.24, 2.45) is 0 Å². The maximum absolute atomic E-state index is 13.2. The summed E-state index contributed by atoms with van der Waals surface area (Å²) in [7, 11) is -5.93. The van der Waals surface area contributed by atoms with E-state index in [0.717, 1.165) is 21.9 Å². The van der Waals surface area contributed by atoms with E-state index in [4.69, 9.17) is 11.6 Å². The van der Waals surface area contributed by atoms with E-state index in [1.165, 1.54) is 47.8 Å². The SMILES string of the molecule is Cc1cc(N2CCN(S(=O)(=O)c3ccc(NC(=O)c4ccccc4N(C)S(C)(=O)=O)cc3)CC2)cc(Cl)n1. The van der Waals surface area contributed by atoms with Crippen LogP contribution in [0, 0.1) is 6.92 Å². The van der Waals surface area contributed by atoms with Gasteiger partial charge in [-0.3, -0.25) is 9.10 Å². The molecule has 0 aliphatic carbocycles. The van der Waals surface area contributed by atoms with E-state index in [1.807, 2.05) is 13.0 Å². The van der Waals surface area contributed by atoms with E-state index < -0.39 is 26.0 Å². The molecular weight excluding hydrogens is 550 g/mol. The van der Waals surface area contributed by atoms with Gasteiger partial charge in [-0.25, -0.2) is 21.8 Å². The maximum atomic E-state index is 13.2. The number of benzene rings is 2. The first kappa shape index (κ1) is 27.8. The standard InChI is InChI=1S/C25H28ClN5O5S2/c1-18-16-20(17-24(26)27-18)30-12-14-31(15-13-30)38(35,36)21-10-8-19(9-11-21)28-25(32)22-6-4-5-7-23(22)29(2)37(3,33)34/h4-11,16-17H,12-15H2,1-3H3,(H,28,32). The third-order valence-electron chi connectivity index (χ3n) is 6.25. The molecule has 0 radical (unpaired) electrons. The van der Waals surface area contributed by atoms with Gasteiger partial charge in [0.2, 0.25) is 20.0 Å². The van der Waals surface area contributed by atoms with Crippen molar-refractivity contribution in [2.75, 3.05) is 54.0 Å². The lowest BCUT2D eigenvalue weighted by Gasteiger charge is -2.35. The number of rotatable bonds is 7. The first-order valence-corrected chi connectivity index (χ1v) is 15.4. The predicted molar refractivity (Wildman–Crippen MR) is 149 cm³/mol. The summed E-state index contributed by atoms with van der Waals surface area (Å²) < 4.78 is 52.9. The van der Waals surface area contributed by atoms with Gasteiger partial charge < -0.3 is 10.2 Å². The van der Waals surface area contributed by atoms with E-state index in [-0.39, 0.29) is 16.1 Å². The summed E-state index contributed by atoms with van der Waals surface area (Å²) >= 11 is 6.07. The minimum absolute atomic E-state index is 0.115. The number of hydrogen-bond acceptors (Lipinski definition) is 7. The Kier molecular flexibility index (Phi) is 7.98. The second-order valence-electron chi connectivity index (χ2n) is 8.91. The van der Waals surface area contributed by atoms with Crippen molar-refractivity contribution in [3.05, 3.63) is 77.1 Å². The molecule has 1 aromatic heterocycles. The summed E-state index contributed by atoms with van der Waals surface area (Å²) in [6.07, 6.45) is 1.05. The zero-order chi connectivity index (χ0) is 27.7. The average Bonchev–Trinajstić information content (AvgIpc) is 2.87. The number of piperazine rings is 1. The van der Waals surface area contributed by atoms with Gasteiger partial charge in [0, 0.05) is 50.3 Å². The van der Waals surface area contributed by atoms with E-state index >= 15 is 0 Å². The normalized spacial score (nSPS) is 14.8. The van der Waals surface area contributed by atoms with Gasteiger partial charge in [0.1, 0.15) is 5.15 Å². The molecule has 0 spiro atoms. The summed E-state index contributed by atoms with van der Waals surface area (Å²) in [5.74, 6) is -0.519. The van der Waals surface area contributed by atoms with Crippen molar-refractivity contribution in [1.29, 1.82) is 0 Å². The van der Waals surface area contributed by atoms with Crippen LogP contribution in [0.2, 0.25) is 5.15 Å². The first-order chi connectivity index (χ1) is 17.9. The summed E-state index contributed by atoms with van der Waals surface area (Å²) in [4.78, 5) is 19.3. The molecule has 202 valence electrons. The third kappa shape index (κ3) is 6.09. The molecule has 1 aliphatic heterocycles. The fraction of sp³-hybridized carbons (Fsp3) is 0.280. The second kappa shape index (κ2) is 10.9. The highest BCUT2D eigenvalue weighted by molar-refractivity contribution is 7.92. The Morgan fingerprint density at radius 3 is 2.21 bits per heavy atom. The topological polar surface area (TPSA) is 120 Å². The lowest BCUT2D eigenvalue weighted by Crippen LogP contribution is -2.48. The summed E-state index contributed by atoms with van der Waals surface area (Å²) in [5, 5.41) is 3.10. The van der Waals surface area contributed by atoms with Crippen molar-refractivity contribution < 1.29 is 21.6 Å². The number of aryl methyl sites for hydroxylation is 1. The predicted octanol–water partition coefficient (Wildman–Crippen LogP) is 3.20. The van der Waals surface area contributed by atoms with Crippen LogP contribution in [0.3, 0.4) is 0 Å². The Labute approximate surface area is 227 Å². The van der Waals surface area contributed by atoms with Gasteiger partial charge in [-0.2, -0.15) is 4.31 Å². The zero-order valence-corrected chi connectivity index (χ0v) is 23.5. The number of aromatic nitrogens is 1. The minimum atomic E-state index is -3.73. The molecule has 1 N–H and O–H groups in total. The zero-order valence-electron chi connectivity index (χ0n) is 21.1. The number of carbonyl (C=O) groups is 1. The summed E-state index contributed by atoms with van der Waals surface area (Å²) in [5.41, 5.74) is 2.47. The second-order valence-corrected chi connectivity index (χ2v) is 13.2. The van der Waals surface area contributed by atoms with Gasteiger partial charge in [0.15, 0.2) is 0 Å². The fourth-order valence-corrected chi connectivity index (χ4v) is 6.34. The number of carbonyl (C=O) groups excluding carboxylic acids is 1. The highest BCUT2D eigenvalue weighted by Gasteiger charge is 2.29. The molecule has 2 heterocycles. The van der Waals surface area contributed by atoms with Crippen LogP contribution in [0.4, 0.5) is 17.1 Å². The van der Waals surface area contributed by atoms with Gasteiger partial charge in [-0.05, 0) is 55.5 Å². The van der Waals surface area contributed by atoms with E-state index in [1.54, 1.807) is 18.2 Å². The maximum Gasteiger partial charge on any atom is 0.257 e. The minimum Gasteiger partial charge on any atom is -0.369 e. The number of sulfonamides is 2. The molecule has 1 aliphatic rings. The van der Waals surface area contributed by atoms with Gasteiger partial charge in [0.05, 0.1) is 22.4 Å². The van der Waals surface area contributed by atoms with Crippen LogP contribution in [0.1, 0.15) is 16.1 Å². The monoisotopic (exact) mass is 577 g/mol. The van der Waals surface area contributed by atoms with Crippen LogP contribution in [0.5, 0.6) is 0 Å². The van der Waals surface area contributed by atoms with Crippen LogP contribution >= 0.6 is 11.6 Å². The highest BCUT2D eigenvalue weighted by atomic mass is 35.5. The number of nitrogens with one attached hydrogen (secondary N) is 1. The lowest BCUT2D eigenvalue weighted by atomic mass is 10.1. The van der Waals surface area contributed by atoms with Crippen LogP contribution in [-0.4, -0.2) is 71.5 Å². The van der Waals surface area contributed by atoms with Gasteiger partial charge in [0.25, 0.3) is 5.91 Å². The number of halogens is 1. The molecule has 4 rings (SSSR count). The van der Waals surface area contributed by atoms with Crippen LogP contribution < -0.4 is 14.5 Å². The van der Waals surface area contributed by atoms with Crippen molar-refractivity contribution in [2.45, 2.75) is 11.8 Å². The number of anilines is 3. The quantitative estimate of drug-likeness (QED) is 0.428. The Morgan fingerprint density at radius 1 is 0.974 bits per heavy atom. The molecule has 0 unspecified atom stereocenters. The number of para-hydroxylation sites is 1. The molecule has 0 saturated carbocycles. The van der Waals surface area contributed by atoms with Crippen molar-refractivity contribution in [3.63, 3.8) is 0 Å². The van der Waals surface area contributed by atoms with E-state index in [9.17, 15) is 21.6 Å². The number of nitrogens with zero attached hydrogens (tertiary/aromatic N) is 4. The Balaban J connectivity index is 1.44. The molecule has 1 amide bonds. The molecule has 0 atom stereocenters. The van der Waals surface area contributed by atoms with Crippen molar-refractivity contribution in [3.8, 4) is 0 Å². The number of hydrogen-bond donors (Lipinski definition) is 1. The van der Waals surface area contributed by atoms with Crippen LogP contribution in [0.15, 0.2) is 65.6 Å². The van der Waals surface area contributed by atoms with E-state index in [0.29, 0.717) is 37.0 Å². The molecule has 3 aromatic rings. The smallest absolute Gasteiger partial charge is 0.257 e. The molecule has 38 heavy (non-hydrogen) atoms. The molecule has 1 fully saturated rings. The molecule has 1 saturated heterocycles. The third-order valence-corrected chi connectivity index (χ3v) is 9.54. The summed E-state index contributed by atoms with van der Waals surface area (Å²) in [6.45, 7) is 3.49. The largest absolute Gasteiger partial charge is 0.369 e. The Morgan fingerprint density at radius 2 is 1.61 bits per heavy atom. The highest BCUT2D eigenvalue weighted by Crippen LogP contribution is 2.26. The first-order valence-electron chi connectivity index (χ1n) is 11.7. The molecule has 2 aromatic carbocycles. The Hall–Kier alpha value is -3.19. The average molecular weight is 578 g/mol. The Bertz CT molecular complexity index is 1530. The van der Waals surface area contributed by atoms with E-state index in [2.05, 4.69) is 15.2 Å². The van der Waals surface area contributed by atoms with Gasteiger partial charge in [-0.1, -0.05) is 23.7 Å². The van der Waals surface area contributed by atoms with Crippen LogP contribution in [-0.2, 0) is 20.0 Å². The van der Waals surface area contributed by atoms with Crippen molar-refractivity contribution >= 4 is 54.6 Å². The molecule has 0 bridgehead atoms.